The van der Waals surface area contributed by atoms with Crippen LogP contribution in [-0.4, -0.2) is 41.0 Å². The number of nitrogens with one attached hydrogen (secondary N) is 2. The lowest BCUT2D eigenvalue weighted by Gasteiger charge is -2.26. The number of carbonyl (C=O) groups is 2. The fourth-order valence-electron chi connectivity index (χ4n) is 3.20. The van der Waals surface area contributed by atoms with E-state index in [1.807, 2.05) is 0 Å². The number of nitrogens with zero attached hydrogens (tertiary/aromatic N) is 2. The van der Waals surface area contributed by atoms with E-state index in [9.17, 15) is 9.59 Å². The van der Waals surface area contributed by atoms with Gasteiger partial charge in [-0.15, -0.1) is 11.3 Å². The van der Waals surface area contributed by atoms with E-state index in [1.165, 1.54) is 11.3 Å². The molecule has 1 fully saturated rings. The van der Waals surface area contributed by atoms with Crippen molar-refractivity contribution in [3.8, 4) is 0 Å². The zero-order valence-electron chi connectivity index (χ0n) is 13.9. The first-order valence-electron chi connectivity index (χ1n) is 8.19. The third-order valence-electron chi connectivity index (χ3n) is 4.30. The fraction of sp³-hybridized carbons (Fsp3) is 0.688. The van der Waals surface area contributed by atoms with Gasteiger partial charge in [-0.1, -0.05) is 20.8 Å². The Morgan fingerprint density at radius 1 is 1.39 bits per heavy atom. The van der Waals surface area contributed by atoms with Gasteiger partial charge in [0, 0.05) is 6.42 Å². The van der Waals surface area contributed by atoms with Crippen molar-refractivity contribution in [3.05, 3.63) is 15.6 Å². The average molecular weight is 336 g/mol. The van der Waals surface area contributed by atoms with Gasteiger partial charge in [-0.2, -0.15) is 0 Å². The lowest BCUT2D eigenvalue weighted by Crippen LogP contribution is -2.44. The minimum Gasteiger partial charge on any atom is -0.334 e. The molecular formula is C16H24N4O2S. The quantitative estimate of drug-likeness (QED) is 0.864. The number of fused-ring (bicyclic) bond motifs is 1. The number of hydrogen-bond acceptors (Lipinski definition) is 5. The van der Waals surface area contributed by atoms with Gasteiger partial charge in [0.25, 0.3) is 0 Å². The van der Waals surface area contributed by atoms with Crippen LogP contribution in [-0.2, 0) is 13.0 Å². The van der Waals surface area contributed by atoms with Crippen molar-refractivity contribution in [1.29, 1.82) is 0 Å². The summed E-state index contributed by atoms with van der Waals surface area (Å²) in [4.78, 5) is 31.6. The molecule has 1 aliphatic carbocycles. The monoisotopic (exact) mass is 336 g/mol. The van der Waals surface area contributed by atoms with Crippen molar-refractivity contribution in [2.75, 3.05) is 13.1 Å². The highest BCUT2D eigenvalue weighted by Crippen LogP contribution is 2.37. The van der Waals surface area contributed by atoms with Gasteiger partial charge in [0.1, 0.15) is 11.2 Å². The van der Waals surface area contributed by atoms with E-state index in [2.05, 4.69) is 36.4 Å². The summed E-state index contributed by atoms with van der Waals surface area (Å²) in [6.07, 6.45) is 2.42. The number of hydrogen-bond donors (Lipinski definition) is 2. The second-order valence-corrected chi connectivity index (χ2v) is 8.19. The van der Waals surface area contributed by atoms with E-state index in [4.69, 9.17) is 0 Å². The van der Waals surface area contributed by atoms with Gasteiger partial charge in [0.05, 0.1) is 23.7 Å². The van der Waals surface area contributed by atoms with Crippen LogP contribution in [0.4, 0.5) is 4.79 Å². The van der Waals surface area contributed by atoms with Gasteiger partial charge in [-0.25, -0.2) is 9.78 Å². The standard InChI is InChI=1S/C16H24N4O2S/c1-4-5-17-12-8-18-15(22)20(12)9-13-19-10-6-16(2,3)7-11(21)14(10)23-13/h12,17H,4-9H2,1-3H3,(H,18,22). The highest BCUT2D eigenvalue weighted by molar-refractivity contribution is 7.13. The van der Waals surface area contributed by atoms with Crippen LogP contribution in [0, 0.1) is 5.41 Å². The number of amides is 2. The van der Waals surface area contributed by atoms with Crippen LogP contribution in [0.15, 0.2) is 0 Å². The second kappa shape index (κ2) is 6.20. The summed E-state index contributed by atoms with van der Waals surface area (Å²) < 4.78 is 0. The first-order valence-corrected chi connectivity index (χ1v) is 9.01. The van der Waals surface area contributed by atoms with Crippen LogP contribution in [0.25, 0.3) is 0 Å². The number of carbonyl (C=O) groups excluding carboxylic acids is 2. The molecule has 1 atom stereocenters. The molecule has 0 saturated carbocycles. The predicted molar refractivity (Wildman–Crippen MR) is 89.6 cm³/mol. The number of ketones is 1. The van der Waals surface area contributed by atoms with Gasteiger partial charge in [0.15, 0.2) is 5.78 Å². The zero-order chi connectivity index (χ0) is 16.6. The average Bonchev–Trinajstić information content (AvgIpc) is 3.01. The second-order valence-electron chi connectivity index (χ2n) is 7.11. The van der Waals surface area contributed by atoms with Crippen LogP contribution in [0.5, 0.6) is 0 Å². The third kappa shape index (κ3) is 3.40. The molecule has 1 aromatic heterocycles. The highest BCUT2D eigenvalue weighted by atomic mass is 32.1. The van der Waals surface area contributed by atoms with E-state index in [0.717, 1.165) is 35.0 Å². The SMILES string of the molecule is CCCNC1CNC(=O)N1Cc1nc2c(s1)C(=O)CC(C)(C)C2. The summed E-state index contributed by atoms with van der Waals surface area (Å²) in [5.74, 6) is 0.187. The Balaban J connectivity index is 1.76. The molecule has 126 valence electrons. The molecule has 1 aliphatic heterocycles. The van der Waals surface area contributed by atoms with E-state index in [-0.39, 0.29) is 23.4 Å². The third-order valence-corrected chi connectivity index (χ3v) is 5.42. The van der Waals surface area contributed by atoms with Crippen molar-refractivity contribution in [2.45, 2.75) is 52.7 Å². The van der Waals surface area contributed by atoms with Crippen LogP contribution >= 0.6 is 11.3 Å². The Morgan fingerprint density at radius 2 is 2.17 bits per heavy atom. The maximum Gasteiger partial charge on any atom is 0.319 e. The molecule has 0 spiro atoms. The summed E-state index contributed by atoms with van der Waals surface area (Å²) in [6, 6.07) is -0.0709. The van der Waals surface area contributed by atoms with Crippen LogP contribution in [0.2, 0.25) is 0 Å². The Bertz CT molecular complexity index is 626. The summed E-state index contributed by atoms with van der Waals surface area (Å²) >= 11 is 1.45. The summed E-state index contributed by atoms with van der Waals surface area (Å²) in [5, 5.41) is 7.08. The zero-order valence-corrected chi connectivity index (χ0v) is 14.8. The van der Waals surface area contributed by atoms with E-state index < -0.39 is 0 Å². The molecule has 2 N–H and O–H groups in total. The number of rotatable bonds is 5. The van der Waals surface area contributed by atoms with Gasteiger partial charge in [0.2, 0.25) is 0 Å². The molecule has 0 radical (unpaired) electrons. The smallest absolute Gasteiger partial charge is 0.319 e. The maximum absolute atomic E-state index is 12.3. The van der Waals surface area contributed by atoms with Crippen molar-refractivity contribution >= 4 is 23.2 Å². The van der Waals surface area contributed by atoms with E-state index >= 15 is 0 Å². The Labute approximate surface area is 140 Å². The molecule has 1 aromatic rings. The van der Waals surface area contributed by atoms with Gasteiger partial charge >= 0.3 is 6.03 Å². The molecule has 2 aliphatic rings. The molecule has 7 heteroatoms. The molecule has 6 nitrogen and oxygen atoms in total. The minimum atomic E-state index is -0.0709. The van der Waals surface area contributed by atoms with E-state index in [1.54, 1.807) is 4.90 Å². The fourth-order valence-corrected chi connectivity index (χ4v) is 4.21. The predicted octanol–water partition coefficient (Wildman–Crippen LogP) is 2.15. The molecular weight excluding hydrogens is 312 g/mol. The van der Waals surface area contributed by atoms with E-state index in [0.29, 0.717) is 19.5 Å². The van der Waals surface area contributed by atoms with Crippen molar-refractivity contribution in [1.82, 2.24) is 20.5 Å². The summed E-state index contributed by atoms with van der Waals surface area (Å²) in [6.45, 7) is 8.24. The molecule has 2 amide bonds. The van der Waals surface area contributed by atoms with Crippen molar-refractivity contribution < 1.29 is 9.59 Å². The Morgan fingerprint density at radius 3 is 2.91 bits per heavy atom. The number of aromatic nitrogens is 1. The molecule has 1 unspecified atom stereocenters. The lowest BCUT2D eigenvalue weighted by atomic mass is 9.78. The lowest BCUT2D eigenvalue weighted by molar-refractivity contribution is 0.0916. The van der Waals surface area contributed by atoms with Gasteiger partial charge in [-0.3, -0.25) is 10.1 Å². The molecule has 0 aromatic carbocycles. The topological polar surface area (TPSA) is 74.3 Å². The summed E-state index contributed by atoms with van der Waals surface area (Å²) in [7, 11) is 0. The highest BCUT2D eigenvalue weighted by Gasteiger charge is 2.35. The molecule has 1 saturated heterocycles. The number of urea groups is 1. The maximum atomic E-state index is 12.3. The Hall–Kier alpha value is -1.47. The largest absolute Gasteiger partial charge is 0.334 e. The first kappa shape index (κ1) is 16.4. The van der Waals surface area contributed by atoms with Gasteiger partial charge in [-0.05, 0) is 24.8 Å². The first-order chi connectivity index (χ1) is 10.9. The molecule has 3 rings (SSSR count). The molecule has 23 heavy (non-hydrogen) atoms. The van der Waals surface area contributed by atoms with Crippen molar-refractivity contribution in [2.24, 2.45) is 5.41 Å². The van der Waals surface area contributed by atoms with Crippen molar-refractivity contribution in [3.63, 3.8) is 0 Å². The molecule has 0 bridgehead atoms. The van der Waals surface area contributed by atoms with Gasteiger partial charge < -0.3 is 10.2 Å². The minimum absolute atomic E-state index is 0.00415. The molecule has 2 heterocycles. The Kier molecular flexibility index (Phi) is 4.42. The van der Waals surface area contributed by atoms with Crippen LogP contribution in [0.3, 0.4) is 0 Å². The normalized spacial score (nSPS) is 23.1. The van der Waals surface area contributed by atoms with Crippen LogP contribution in [0.1, 0.15) is 54.0 Å². The number of Topliss-reactive ketones (excluding diaryl/α,β-unsaturated/α-hetero) is 1. The number of thiazole rings is 1. The van der Waals surface area contributed by atoms with Crippen LogP contribution < -0.4 is 10.6 Å². The summed E-state index contributed by atoms with van der Waals surface area (Å²) in [5.41, 5.74) is 0.884.